The van der Waals surface area contributed by atoms with Gasteiger partial charge < -0.3 is 9.13 Å². The zero-order valence-electron chi connectivity index (χ0n) is 12.9. The van der Waals surface area contributed by atoms with E-state index in [0.717, 1.165) is 25.1 Å². The maximum Gasteiger partial charge on any atom is 0.262 e. The Morgan fingerprint density at radius 3 is 2.86 bits per heavy atom. The highest BCUT2D eigenvalue weighted by Gasteiger charge is 2.36. The van der Waals surface area contributed by atoms with Gasteiger partial charge in [0, 0.05) is 51.2 Å². The molecule has 1 aliphatic heterocycles. The van der Waals surface area contributed by atoms with Gasteiger partial charge in [0.2, 0.25) is 0 Å². The molecule has 0 aliphatic carbocycles. The van der Waals surface area contributed by atoms with Crippen LogP contribution < -0.4 is 0 Å². The molecule has 0 radical (unpaired) electrons. The van der Waals surface area contributed by atoms with Crippen molar-refractivity contribution < 1.29 is 8.42 Å². The zero-order chi connectivity index (χ0) is 15.7. The molecule has 0 spiro atoms. The number of rotatable bonds is 5. The van der Waals surface area contributed by atoms with E-state index in [0.29, 0.717) is 13.1 Å². The molecule has 3 heterocycles. The molecule has 0 saturated carbocycles. The molecule has 2 aromatic rings. The molecular formula is C14H21N5O2S. The van der Waals surface area contributed by atoms with Gasteiger partial charge in [-0.2, -0.15) is 4.31 Å². The quantitative estimate of drug-likeness (QED) is 0.824. The second-order valence-corrected chi connectivity index (χ2v) is 7.48. The van der Waals surface area contributed by atoms with Crippen molar-refractivity contribution in [3.05, 3.63) is 30.7 Å². The first-order valence-electron chi connectivity index (χ1n) is 7.52. The van der Waals surface area contributed by atoms with E-state index in [-0.39, 0.29) is 11.1 Å². The lowest BCUT2D eigenvalue weighted by Gasteiger charge is -2.24. The molecule has 8 heteroatoms. The van der Waals surface area contributed by atoms with Crippen molar-refractivity contribution in [1.82, 2.24) is 23.4 Å². The fourth-order valence-electron chi connectivity index (χ4n) is 3.00. The highest BCUT2D eigenvalue weighted by molar-refractivity contribution is 7.89. The Morgan fingerprint density at radius 1 is 1.36 bits per heavy atom. The van der Waals surface area contributed by atoms with Crippen LogP contribution in [0.4, 0.5) is 0 Å². The summed E-state index contributed by atoms with van der Waals surface area (Å²) in [6, 6.07) is -0.0356. The summed E-state index contributed by atoms with van der Waals surface area (Å²) in [7, 11) is -1.75. The predicted molar refractivity (Wildman–Crippen MR) is 81.7 cm³/mol. The summed E-state index contributed by atoms with van der Waals surface area (Å²) in [6.45, 7) is 3.25. The third kappa shape index (κ3) is 2.68. The largest absolute Gasteiger partial charge is 0.339 e. The number of nitrogens with zero attached hydrogens (tertiary/aromatic N) is 5. The first kappa shape index (κ1) is 15.2. The maximum absolute atomic E-state index is 12.8. The Labute approximate surface area is 130 Å². The van der Waals surface area contributed by atoms with Gasteiger partial charge in [-0.05, 0) is 12.8 Å². The van der Waals surface area contributed by atoms with Crippen molar-refractivity contribution in [3.8, 4) is 0 Å². The zero-order valence-corrected chi connectivity index (χ0v) is 13.7. The third-order valence-electron chi connectivity index (χ3n) is 4.10. The normalized spacial score (nSPS) is 19.8. The van der Waals surface area contributed by atoms with Crippen LogP contribution in [0.15, 0.2) is 29.9 Å². The number of hydrogen-bond acceptors (Lipinski definition) is 4. The lowest BCUT2D eigenvalue weighted by Crippen LogP contribution is -2.38. The van der Waals surface area contributed by atoms with Gasteiger partial charge in [-0.3, -0.25) is 0 Å². The SMILES string of the molecule is CCc1nccn1CC1CCCN1S(=O)(=O)c1cn(C)cn1. The summed E-state index contributed by atoms with van der Waals surface area (Å²) in [5.74, 6) is 0.988. The second kappa shape index (κ2) is 5.85. The van der Waals surface area contributed by atoms with E-state index in [1.165, 1.54) is 6.33 Å². The molecule has 1 unspecified atom stereocenters. The summed E-state index contributed by atoms with van der Waals surface area (Å²) in [5.41, 5.74) is 0. The monoisotopic (exact) mass is 323 g/mol. The van der Waals surface area contributed by atoms with Gasteiger partial charge >= 0.3 is 0 Å². The van der Waals surface area contributed by atoms with Crippen LogP contribution in [-0.2, 0) is 30.0 Å². The average molecular weight is 323 g/mol. The van der Waals surface area contributed by atoms with Gasteiger partial charge in [0.25, 0.3) is 10.0 Å². The minimum absolute atomic E-state index is 0.0356. The number of sulfonamides is 1. The molecule has 7 nitrogen and oxygen atoms in total. The van der Waals surface area contributed by atoms with Crippen LogP contribution >= 0.6 is 0 Å². The van der Waals surface area contributed by atoms with Gasteiger partial charge in [-0.25, -0.2) is 18.4 Å². The summed E-state index contributed by atoms with van der Waals surface area (Å²) in [4.78, 5) is 8.32. The highest BCUT2D eigenvalue weighted by Crippen LogP contribution is 2.26. The van der Waals surface area contributed by atoms with E-state index in [1.54, 1.807) is 28.3 Å². The standard InChI is InChI=1S/C14H21N5O2S/c1-3-13-15-6-8-18(13)9-12-5-4-7-19(12)22(20,21)14-10-17(2)11-16-14/h6,8,10-12H,3-5,7,9H2,1-2H3. The van der Waals surface area contributed by atoms with E-state index in [2.05, 4.69) is 21.5 Å². The van der Waals surface area contributed by atoms with E-state index < -0.39 is 10.0 Å². The first-order chi connectivity index (χ1) is 10.5. The smallest absolute Gasteiger partial charge is 0.262 e. The molecule has 2 aromatic heterocycles. The van der Waals surface area contributed by atoms with Crippen LogP contribution in [0.2, 0.25) is 0 Å². The molecule has 120 valence electrons. The molecule has 0 bridgehead atoms. The Bertz CT molecular complexity index is 749. The first-order valence-corrected chi connectivity index (χ1v) is 8.96. The van der Waals surface area contributed by atoms with Gasteiger partial charge in [-0.15, -0.1) is 0 Å². The van der Waals surface area contributed by atoms with Crippen molar-refractivity contribution in [2.45, 2.75) is 43.8 Å². The fraction of sp³-hybridized carbons (Fsp3) is 0.571. The van der Waals surface area contributed by atoms with Crippen molar-refractivity contribution in [1.29, 1.82) is 0 Å². The average Bonchev–Trinajstić information content (AvgIpc) is 3.19. The molecule has 0 amide bonds. The van der Waals surface area contributed by atoms with Crippen LogP contribution in [0.3, 0.4) is 0 Å². The Balaban J connectivity index is 1.84. The van der Waals surface area contributed by atoms with Crippen LogP contribution in [0, 0.1) is 0 Å². The summed E-state index contributed by atoms with van der Waals surface area (Å²) in [5, 5.41) is 0.128. The molecule has 1 saturated heterocycles. The van der Waals surface area contributed by atoms with Crippen molar-refractivity contribution in [3.63, 3.8) is 0 Å². The van der Waals surface area contributed by atoms with E-state index >= 15 is 0 Å². The minimum Gasteiger partial charge on any atom is -0.339 e. The minimum atomic E-state index is -3.52. The number of aromatic nitrogens is 4. The van der Waals surface area contributed by atoms with Crippen LogP contribution in [0.5, 0.6) is 0 Å². The topological polar surface area (TPSA) is 73.0 Å². The van der Waals surface area contributed by atoms with Crippen molar-refractivity contribution in [2.24, 2.45) is 7.05 Å². The summed E-state index contributed by atoms with van der Waals surface area (Å²) in [6.07, 6.45) is 9.35. The number of imidazole rings is 2. The van der Waals surface area contributed by atoms with Gasteiger partial charge in [0.1, 0.15) is 5.82 Å². The van der Waals surface area contributed by atoms with Crippen LogP contribution in [0.1, 0.15) is 25.6 Å². The fourth-order valence-corrected chi connectivity index (χ4v) is 4.65. The van der Waals surface area contributed by atoms with Crippen molar-refractivity contribution >= 4 is 10.0 Å². The van der Waals surface area contributed by atoms with Crippen molar-refractivity contribution in [2.75, 3.05) is 6.54 Å². The molecule has 22 heavy (non-hydrogen) atoms. The Kier molecular flexibility index (Phi) is 4.05. The van der Waals surface area contributed by atoms with E-state index in [4.69, 9.17) is 0 Å². The van der Waals surface area contributed by atoms with Crippen LogP contribution in [0.25, 0.3) is 0 Å². The van der Waals surface area contributed by atoms with Gasteiger partial charge in [0.15, 0.2) is 5.03 Å². The molecular weight excluding hydrogens is 302 g/mol. The Morgan fingerprint density at radius 2 is 2.18 bits per heavy atom. The van der Waals surface area contributed by atoms with E-state index in [9.17, 15) is 8.42 Å². The molecule has 0 N–H and O–H groups in total. The van der Waals surface area contributed by atoms with E-state index in [1.807, 2.05) is 6.20 Å². The summed E-state index contributed by atoms with van der Waals surface area (Å²) < 4.78 is 30.8. The highest BCUT2D eigenvalue weighted by atomic mass is 32.2. The molecule has 1 atom stereocenters. The maximum atomic E-state index is 12.8. The second-order valence-electron chi connectivity index (χ2n) is 5.64. The molecule has 3 rings (SSSR count). The summed E-state index contributed by atoms with van der Waals surface area (Å²) >= 11 is 0. The molecule has 1 aliphatic rings. The molecule has 0 aromatic carbocycles. The predicted octanol–water partition coefficient (Wildman–Crippen LogP) is 1.03. The lowest BCUT2D eigenvalue weighted by molar-refractivity contribution is 0.348. The van der Waals surface area contributed by atoms with Gasteiger partial charge in [0.05, 0.1) is 6.33 Å². The van der Waals surface area contributed by atoms with Gasteiger partial charge in [-0.1, -0.05) is 6.92 Å². The van der Waals surface area contributed by atoms with Crippen LogP contribution in [-0.4, -0.2) is 44.4 Å². The third-order valence-corrected chi connectivity index (χ3v) is 5.94. The number of hydrogen-bond donors (Lipinski definition) is 0. The lowest BCUT2D eigenvalue weighted by atomic mass is 10.2. The molecule has 1 fully saturated rings. The number of aryl methyl sites for hydroxylation is 2. The Hall–Kier alpha value is -1.67.